The quantitative estimate of drug-likeness (QED) is 0.676. The number of aromatic nitrogens is 1. The zero-order valence-corrected chi connectivity index (χ0v) is 13.5. The first kappa shape index (κ1) is 15.2. The molecule has 0 fully saturated rings. The second-order valence-electron chi connectivity index (χ2n) is 5.66. The van der Waals surface area contributed by atoms with Crippen molar-refractivity contribution in [3.05, 3.63) is 78.5 Å². The third-order valence-corrected chi connectivity index (χ3v) is 4.12. The first-order valence-corrected chi connectivity index (χ1v) is 7.98. The smallest absolute Gasteiger partial charge is 0.281 e. The molecule has 4 rings (SSSR count). The Bertz CT molecular complexity index is 931. The number of benzene rings is 2. The third kappa shape index (κ3) is 2.59. The summed E-state index contributed by atoms with van der Waals surface area (Å²) in [5, 5.41) is 4.04. The van der Waals surface area contributed by atoms with Crippen LogP contribution in [-0.2, 0) is 6.61 Å². The first-order chi connectivity index (χ1) is 12.3. The second-order valence-corrected chi connectivity index (χ2v) is 5.66. The predicted octanol–water partition coefficient (Wildman–Crippen LogP) is 4.07. The van der Waals surface area contributed by atoms with E-state index in [-0.39, 0.29) is 18.2 Å². The molecule has 0 N–H and O–H groups in total. The number of amides is 1. The molecule has 3 aromatic rings. The molecule has 0 saturated carbocycles. The number of hydrogen-bond acceptors (Lipinski definition) is 4. The second kappa shape index (κ2) is 6.28. The van der Waals surface area contributed by atoms with Gasteiger partial charge >= 0.3 is 0 Å². The fraction of sp³-hybridized carbons (Fsp3) is 0.100. The van der Waals surface area contributed by atoms with Crippen LogP contribution in [0.25, 0.3) is 11.3 Å². The van der Waals surface area contributed by atoms with E-state index in [1.54, 1.807) is 11.0 Å². The monoisotopic (exact) mass is 332 g/mol. The van der Waals surface area contributed by atoms with Crippen molar-refractivity contribution >= 4 is 11.6 Å². The molecular formula is C20H16N2O3. The fourth-order valence-corrected chi connectivity index (χ4v) is 2.92. The zero-order valence-electron chi connectivity index (χ0n) is 13.5. The van der Waals surface area contributed by atoms with Crippen molar-refractivity contribution in [1.29, 1.82) is 0 Å². The van der Waals surface area contributed by atoms with E-state index in [0.29, 0.717) is 17.9 Å². The van der Waals surface area contributed by atoms with Gasteiger partial charge in [0.05, 0.1) is 11.1 Å². The lowest BCUT2D eigenvalue weighted by atomic mass is 10.0. The normalized spacial score (nSPS) is 11.8. The maximum absolute atomic E-state index is 13.1. The van der Waals surface area contributed by atoms with Crippen molar-refractivity contribution in [2.45, 2.75) is 6.61 Å². The summed E-state index contributed by atoms with van der Waals surface area (Å²) >= 11 is 0. The first-order valence-electron chi connectivity index (χ1n) is 7.98. The number of para-hydroxylation sites is 2. The number of carbonyl (C=O) groups is 1. The number of rotatable bonds is 4. The Hall–Kier alpha value is -3.34. The van der Waals surface area contributed by atoms with E-state index in [4.69, 9.17) is 9.26 Å². The summed E-state index contributed by atoms with van der Waals surface area (Å²) in [6.07, 6.45) is 1.68. The van der Waals surface area contributed by atoms with Gasteiger partial charge in [0.1, 0.15) is 12.4 Å². The fourth-order valence-electron chi connectivity index (χ4n) is 2.92. The van der Waals surface area contributed by atoms with Gasteiger partial charge in [-0.2, -0.15) is 0 Å². The molecule has 0 aliphatic carbocycles. The van der Waals surface area contributed by atoms with Crippen molar-refractivity contribution in [2.75, 3.05) is 11.4 Å². The van der Waals surface area contributed by atoms with Crippen LogP contribution in [0.1, 0.15) is 16.1 Å². The van der Waals surface area contributed by atoms with Crippen LogP contribution < -0.4 is 9.64 Å². The summed E-state index contributed by atoms with van der Waals surface area (Å²) in [6, 6.07) is 17.0. The van der Waals surface area contributed by atoms with Crippen LogP contribution >= 0.6 is 0 Å². The molecule has 1 aliphatic rings. The molecule has 1 amide bonds. The Balaban J connectivity index is 1.75. The number of carbonyl (C=O) groups excluding carboxylic acids is 1. The van der Waals surface area contributed by atoms with Gasteiger partial charge in [-0.15, -0.1) is 6.58 Å². The van der Waals surface area contributed by atoms with E-state index in [9.17, 15) is 4.79 Å². The highest BCUT2D eigenvalue weighted by atomic mass is 16.5. The molecule has 0 saturated heterocycles. The SMILES string of the molecule is C=CCN(C(=O)c1noc2c1COc1ccccc1-2)c1ccccc1. The van der Waals surface area contributed by atoms with Crippen molar-refractivity contribution in [2.24, 2.45) is 0 Å². The minimum atomic E-state index is -0.237. The highest BCUT2D eigenvalue weighted by Gasteiger charge is 2.31. The Morgan fingerprint density at radius 3 is 2.72 bits per heavy atom. The Morgan fingerprint density at radius 1 is 1.16 bits per heavy atom. The van der Waals surface area contributed by atoms with E-state index in [0.717, 1.165) is 17.0 Å². The molecule has 25 heavy (non-hydrogen) atoms. The summed E-state index contributed by atoms with van der Waals surface area (Å²) in [6.45, 7) is 4.38. The maximum Gasteiger partial charge on any atom is 0.281 e. The van der Waals surface area contributed by atoms with Gasteiger partial charge in [0.2, 0.25) is 0 Å². The molecule has 0 spiro atoms. The Kier molecular flexibility index (Phi) is 3.82. The van der Waals surface area contributed by atoms with Gasteiger partial charge < -0.3 is 14.2 Å². The molecule has 5 heteroatoms. The van der Waals surface area contributed by atoms with Gasteiger partial charge in [0, 0.05) is 12.2 Å². The Labute approximate surface area is 145 Å². The topological polar surface area (TPSA) is 55.6 Å². The molecule has 0 unspecified atom stereocenters. The van der Waals surface area contributed by atoms with Crippen LogP contribution in [0.4, 0.5) is 5.69 Å². The summed E-state index contributed by atoms with van der Waals surface area (Å²) in [5.41, 5.74) is 2.54. The maximum atomic E-state index is 13.1. The van der Waals surface area contributed by atoms with Gasteiger partial charge in [-0.05, 0) is 24.3 Å². The highest BCUT2D eigenvalue weighted by Crippen LogP contribution is 2.39. The van der Waals surface area contributed by atoms with Crippen LogP contribution in [0, 0.1) is 0 Å². The molecule has 0 radical (unpaired) electrons. The molecule has 0 bridgehead atoms. The van der Waals surface area contributed by atoms with Crippen molar-refractivity contribution in [3.8, 4) is 17.1 Å². The van der Waals surface area contributed by atoms with Crippen LogP contribution in [0.5, 0.6) is 5.75 Å². The molecule has 1 aliphatic heterocycles. The molecule has 2 heterocycles. The van der Waals surface area contributed by atoms with Crippen molar-refractivity contribution in [1.82, 2.24) is 5.16 Å². The lowest BCUT2D eigenvalue weighted by Crippen LogP contribution is -2.32. The molecule has 0 atom stereocenters. The van der Waals surface area contributed by atoms with Crippen molar-refractivity contribution in [3.63, 3.8) is 0 Å². The number of nitrogens with zero attached hydrogens (tertiary/aromatic N) is 2. The van der Waals surface area contributed by atoms with Crippen LogP contribution in [0.15, 0.2) is 71.8 Å². The largest absolute Gasteiger partial charge is 0.488 e. The molecule has 5 nitrogen and oxygen atoms in total. The van der Waals surface area contributed by atoms with Gasteiger partial charge in [0.15, 0.2) is 11.5 Å². The molecule has 1 aromatic heterocycles. The van der Waals surface area contributed by atoms with Gasteiger partial charge in [0.25, 0.3) is 5.91 Å². The van der Waals surface area contributed by atoms with E-state index in [1.165, 1.54) is 0 Å². The van der Waals surface area contributed by atoms with Gasteiger partial charge in [-0.25, -0.2) is 0 Å². The average molecular weight is 332 g/mol. The lowest BCUT2D eigenvalue weighted by Gasteiger charge is -2.21. The van der Waals surface area contributed by atoms with Crippen molar-refractivity contribution < 1.29 is 14.1 Å². The third-order valence-electron chi connectivity index (χ3n) is 4.12. The number of hydrogen-bond donors (Lipinski definition) is 0. The van der Waals surface area contributed by atoms with Crippen LogP contribution in [0.2, 0.25) is 0 Å². The van der Waals surface area contributed by atoms with Crippen LogP contribution in [-0.4, -0.2) is 17.6 Å². The molecule has 2 aromatic carbocycles. The van der Waals surface area contributed by atoms with E-state index >= 15 is 0 Å². The average Bonchev–Trinajstić information content (AvgIpc) is 3.11. The number of fused-ring (bicyclic) bond motifs is 3. The highest BCUT2D eigenvalue weighted by molar-refractivity contribution is 6.06. The standard InChI is InChI=1S/C20H16N2O3/c1-2-12-22(14-8-4-3-5-9-14)20(23)18-16-13-24-17-11-7-6-10-15(17)19(16)25-21-18/h2-11H,1,12-13H2. The van der Waals surface area contributed by atoms with E-state index in [2.05, 4.69) is 11.7 Å². The Morgan fingerprint density at radius 2 is 1.92 bits per heavy atom. The summed E-state index contributed by atoms with van der Waals surface area (Å²) in [7, 11) is 0. The van der Waals surface area contributed by atoms with Gasteiger partial charge in [-0.1, -0.05) is 41.6 Å². The lowest BCUT2D eigenvalue weighted by molar-refractivity contribution is 0.0979. The van der Waals surface area contributed by atoms with Gasteiger partial charge in [-0.3, -0.25) is 4.79 Å². The summed E-state index contributed by atoms with van der Waals surface area (Å²) in [4.78, 5) is 14.7. The summed E-state index contributed by atoms with van der Waals surface area (Å²) in [5.74, 6) is 1.09. The van der Waals surface area contributed by atoms with Crippen LogP contribution in [0.3, 0.4) is 0 Å². The molecular weight excluding hydrogens is 316 g/mol. The minimum absolute atomic E-state index is 0.237. The number of ether oxygens (including phenoxy) is 1. The van der Waals surface area contributed by atoms with E-state index in [1.807, 2.05) is 54.6 Å². The summed E-state index contributed by atoms with van der Waals surface area (Å²) < 4.78 is 11.2. The van der Waals surface area contributed by atoms with E-state index < -0.39 is 0 Å². The predicted molar refractivity (Wildman–Crippen MR) is 94.6 cm³/mol. The minimum Gasteiger partial charge on any atom is -0.488 e. The molecule has 124 valence electrons. The number of anilines is 1. The zero-order chi connectivity index (χ0) is 17.2.